The predicted octanol–water partition coefficient (Wildman–Crippen LogP) is 2.79. The summed E-state index contributed by atoms with van der Waals surface area (Å²) in [6, 6.07) is 4.11. The van der Waals surface area contributed by atoms with Crippen molar-refractivity contribution < 1.29 is 18.9 Å². The van der Waals surface area contributed by atoms with E-state index in [1.54, 1.807) is 14.2 Å². The maximum absolute atomic E-state index is 6.30. The Kier molecular flexibility index (Phi) is 6.60. The van der Waals surface area contributed by atoms with E-state index in [9.17, 15) is 0 Å². The summed E-state index contributed by atoms with van der Waals surface area (Å²) in [5.41, 5.74) is 1.17. The largest absolute Gasteiger partial charge is 0.496 e. The molecule has 1 aromatic carbocycles. The molecule has 0 radical (unpaired) electrons. The van der Waals surface area contributed by atoms with Crippen LogP contribution in [0, 0.1) is 5.92 Å². The molecule has 0 amide bonds. The van der Waals surface area contributed by atoms with Crippen LogP contribution in [0.15, 0.2) is 12.1 Å². The molecule has 1 aliphatic carbocycles. The quantitative estimate of drug-likeness (QED) is 0.680. The van der Waals surface area contributed by atoms with Crippen LogP contribution in [0.4, 0.5) is 0 Å². The molecule has 3 aliphatic rings. The van der Waals surface area contributed by atoms with Crippen molar-refractivity contribution in [3.8, 4) is 17.2 Å². The van der Waals surface area contributed by atoms with E-state index >= 15 is 0 Å². The van der Waals surface area contributed by atoms with Gasteiger partial charge in [-0.15, -0.1) is 0 Å². The second kappa shape index (κ2) is 9.33. The van der Waals surface area contributed by atoms with Gasteiger partial charge in [0.25, 0.3) is 0 Å². The zero-order valence-corrected chi connectivity index (χ0v) is 17.3. The number of hydrogen-bond acceptors (Lipinski definition) is 6. The molecule has 6 heteroatoms. The molecule has 0 bridgehead atoms. The Balaban J connectivity index is 1.34. The SMILES string of the molecule is COc1cc(OC2CC(CN3CCOCC3)C2)c(OC)cc1CN1CCCC1. The van der Waals surface area contributed by atoms with Crippen LogP contribution < -0.4 is 14.2 Å². The van der Waals surface area contributed by atoms with Crippen LogP contribution >= 0.6 is 0 Å². The second-order valence-corrected chi connectivity index (χ2v) is 8.29. The molecule has 1 saturated carbocycles. The summed E-state index contributed by atoms with van der Waals surface area (Å²) in [6.45, 7) is 8.26. The summed E-state index contributed by atoms with van der Waals surface area (Å²) in [7, 11) is 3.46. The van der Waals surface area contributed by atoms with Gasteiger partial charge in [0.15, 0.2) is 11.5 Å². The maximum Gasteiger partial charge on any atom is 0.165 e. The van der Waals surface area contributed by atoms with E-state index in [1.165, 1.54) is 24.9 Å². The number of benzene rings is 1. The average molecular weight is 391 g/mol. The van der Waals surface area contributed by atoms with E-state index in [0.29, 0.717) is 0 Å². The number of nitrogens with zero attached hydrogens (tertiary/aromatic N) is 2. The van der Waals surface area contributed by atoms with E-state index in [0.717, 1.165) is 81.9 Å². The fourth-order valence-corrected chi connectivity index (χ4v) is 4.58. The van der Waals surface area contributed by atoms with Crippen molar-refractivity contribution in [3.63, 3.8) is 0 Å². The van der Waals surface area contributed by atoms with Crippen LogP contribution in [-0.4, -0.2) is 76.1 Å². The lowest BCUT2D eigenvalue weighted by Crippen LogP contribution is -2.45. The molecular formula is C22H34N2O4. The third-order valence-electron chi connectivity index (χ3n) is 6.27. The molecule has 3 fully saturated rings. The van der Waals surface area contributed by atoms with Crippen molar-refractivity contribution in [3.05, 3.63) is 17.7 Å². The molecule has 0 unspecified atom stereocenters. The third kappa shape index (κ3) is 4.73. The first kappa shape index (κ1) is 19.8. The lowest BCUT2D eigenvalue weighted by atomic mass is 9.81. The van der Waals surface area contributed by atoms with Crippen LogP contribution in [0.3, 0.4) is 0 Å². The number of ether oxygens (including phenoxy) is 4. The van der Waals surface area contributed by atoms with Crippen LogP contribution in [0.1, 0.15) is 31.2 Å². The van der Waals surface area contributed by atoms with Gasteiger partial charge in [0.05, 0.1) is 33.5 Å². The first-order valence-electron chi connectivity index (χ1n) is 10.7. The van der Waals surface area contributed by atoms with Crippen molar-refractivity contribution in [1.82, 2.24) is 9.80 Å². The minimum Gasteiger partial charge on any atom is -0.496 e. The number of rotatable bonds is 8. The van der Waals surface area contributed by atoms with E-state index in [-0.39, 0.29) is 6.10 Å². The third-order valence-corrected chi connectivity index (χ3v) is 6.27. The second-order valence-electron chi connectivity index (χ2n) is 8.29. The van der Waals surface area contributed by atoms with Gasteiger partial charge in [-0.3, -0.25) is 9.80 Å². The molecule has 0 N–H and O–H groups in total. The molecule has 156 valence electrons. The van der Waals surface area contributed by atoms with Crippen molar-refractivity contribution in [1.29, 1.82) is 0 Å². The van der Waals surface area contributed by atoms with E-state index in [1.807, 2.05) is 6.07 Å². The Bertz CT molecular complexity index is 636. The van der Waals surface area contributed by atoms with Gasteiger partial charge in [-0.2, -0.15) is 0 Å². The molecule has 0 atom stereocenters. The topological polar surface area (TPSA) is 43.4 Å². The van der Waals surface area contributed by atoms with Crippen LogP contribution in [0.2, 0.25) is 0 Å². The van der Waals surface area contributed by atoms with E-state index in [4.69, 9.17) is 18.9 Å². The molecule has 0 aromatic heterocycles. The highest BCUT2D eigenvalue weighted by Gasteiger charge is 2.33. The molecule has 0 spiro atoms. The summed E-state index contributed by atoms with van der Waals surface area (Å²) < 4.78 is 23.1. The summed E-state index contributed by atoms with van der Waals surface area (Å²) in [6.07, 6.45) is 5.06. The molecule has 2 heterocycles. The first-order valence-corrected chi connectivity index (χ1v) is 10.7. The van der Waals surface area contributed by atoms with Crippen molar-refractivity contribution in [2.45, 2.75) is 38.3 Å². The molecular weight excluding hydrogens is 356 g/mol. The summed E-state index contributed by atoms with van der Waals surface area (Å²) in [5.74, 6) is 3.24. The van der Waals surface area contributed by atoms with Gasteiger partial charge in [-0.05, 0) is 50.8 Å². The average Bonchev–Trinajstić information content (AvgIpc) is 3.20. The van der Waals surface area contributed by atoms with Gasteiger partial charge >= 0.3 is 0 Å². The van der Waals surface area contributed by atoms with Crippen molar-refractivity contribution in [2.24, 2.45) is 5.92 Å². The summed E-state index contributed by atoms with van der Waals surface area (Å²) >= 11 is 0. The predicted molar refractivity (Wildman–Crippen MR) is 108 cm³/mol. The highest BCUT2D eigenvalue weighted by atomic mass is 16.5. The number of likely N-dealkylation sites (tertiary alicyclic amines) is 1. The summed E-state index contributed by atoms with van der Waals surface area (Å²) in [5, 5.41) is 0. The van der Waals surface area contributed by atoms with Gasteiger partial charge in [-0.25, -0.2) is 0 Å². The minimum absolute atomic E-state index is 0.272. The lowest BCUT2D eigenvalue weighted by Gasteiger charge is -2.39. The Morgan fingerprint density at radius 1 is 0.893 bits per heavy atom. The fourth-order valence-electron chi connectivity index (χ4n) is 4.58. The first-order chi connectivity index (χ1) is 13.7. The standard InChI is InChI=1S/C22H34N2O4/c1-25-20-14-22(21(26-2)13-18(20)16-23-5-3-4-6-23)28-19-11-17(12-19)15-24-7-9-27-10-8-24/h13-14,17,19H,3-12,15-16H2,1-2H3. The number of morpholine rings is 1. The Morgan fingerprint density at radius 2 is 1.61 bits per heavy atom. The van der Waals surface area contributed by atoms with Gasteiger partial charge < -0.3 is 18.9 Å². The zero-order valence-electron chi connectivity index (χ0n) is 17.3. The Morgan fingerprint density at radius 3 is 2.29 bits per heavy atom. The fraction of sp³-hybridized carbons (Fsp3) is 0.727. The molecule has 2 aliphatic heterocycles. The Hall–Kier alpha value is -1.50. The van der Waals surface area contributed by atoms with Crippen LogP contribution in [0.5, 0.6) is 17.2 Å². The molecule has 4 rings (SSSR count). The monoisotopic (exact) mass is 390 g/mol. The highest BCUT2D eigenvalue weighted by molar-refractivity contribution is 5.51. The smallest absolute Gasteiger partial charge is 0.165 e. The van der Waals surface area contributed by atoms with Gasteiger partial charge in [0.1, 0.15) is 5.75 Å². The molecule has 2 saturated heterocycles. The maximum atomic E-state index is 6.30. The Labute approximate surface area is 168 Å². The van der Waals surface area contributed by atoms with Gasteiger partial charge in [-0.1, -0.05) is 0 Å². The number of hydrogen-bond donors (Lipinski definition) is 0. The highest BCUT2D eigenvalue weighted by Crippen LogP contribution is 2.40. The molecule has 1 aromatic rings. The lowest BCUT2D eigenvalue weighted by molar-refractivity contribution is -0.000465. The van der Waals surface area contributed by atoms with Gasteiger partial charge in [0, 0.05) is 37.8 Å². The minimum atomic E-state index is 0.272. The van der Waals surface area contributed by atoms with E-state index in [2.05, 4.69) is 15.9 Å². The number of methoxy groups -OCH3 is 2. The van der Waals surface area contributed by atoms with Crippen molar-refractivity contribution >= 4 is 0 Å². The zero-order chi connectivity index (χ0) is 19.3. The van der Waals surface area contributed by atoms with Gasteiger partial charge in [0.2, 0.25) is 0 Å². The molecule has 6 nitrogen and oxygen atoms in total. The van der Waals surface area contributed by atoms with Crippen LogP contribution in [0.25, 0.3) is 0 Å². The molecule has 28 heavy (non-hydrogen) atoms. The normalized spacial score (nSPS) is 26.1. The van der Waals surface area contributed by atoms with Crippen molar-refractivity contribution in [2.75, 3.05) is 60.2 Å². The summed E-state index contributed by atoms with van der Waals surface area (Å²) in [4.78, 5) is 4.99. The van der Waals surface area contributed by atoms with Crippen LogP contribution in [-0.2, 0) is 11.3 Å². The van der Waals surface area contributed by atoms with E-state index < -0.39 is 0 Å².